The number of carbonyl (C=O) groups is 2. The molecule has 1 aromatic heterocycles. The van der Waals surface area contributed by atoms with E-state index in [1.54, 1.807) is 11.1 Å². The zero-order valence-corrected chi connectivity index (χ0v) is 17.8. The lowest BCUT2D eigenvalue weighted by Gasteiger charge is -2.34. The quantitative estimate of drug-likeness (QED) is 0.802. The molecule has 0 radical (unpaired) electrons. The molecule has 2 fully saturated rings. The first-order valence-corrected chi connectivity index (χ1v) is 11.8. The van der Waals surface area contributed by atoms with Crippen molar-refractivity contribution in [2.45, 2.75) is 45.6 Å². The highest BCUT2D eigenvalue weighted by atomic mass is 31.1. The molecule has 148 valence electrons. The zero-order chi connectivity index (χ0) is 19.8. The van der Waals surface area contributed by atoms with E-state index >= 15 is 0 Å². The number of likely N-dealkylation sites (tertiary alicyclic amines) is 1. The van der Waals surface area contributed by atoms with Crippen molar-refractivity contribution in [2.75, 3.05) is 31.7 Å². The van der Waals surface area contributed by atoms with Crippen molar-refractivity contribution >= 4 is 31.0 Å². The molecule has 0 aromatic carbocycles. The summed E-state index contributed by atoms with van der Waals surface area (Å²) >= 11 is 0. The van der Waals surface area contributed by atoms with Gasteiger partial charge in [-0.3, -0.25) is 9.78 Å². The van der Waals surface area contributed by atoms with Crippen LogP contribution in [0.5, 0.6) is 0 Å². The summed E-state index contributed by atoms with van der Waals surface area (Å²) in [6.45, 7) is 11.3. The van der Waals surface area contributed by atoms with Crippen LogP contribution in [0.1, 0.15) is 40.0 Å². The average molecular weight is 391 g/mol. The molecule has 1 spiro atoms. The Morgan fingerprint density at radius 3 is 2.44 bits per heavy atom. The number of anilines is 1. The minimum atomic E-state index is -0.478. The van der Waals surface area contributed by atoms with Crippen LogP contribution in [0.3, 0.4) is 0 Å². The Hall–Kier alpha value is -1.68. The standard InChI is InChI=1S/C20H30N3O3P/c1-19(2,3)26-18(25)23-10-8-20(9-11-23)12-15(20)17(24)22-14-6-7-16(21-13-14)27(4)5/h6-7,13,15H,8-12H2,1-5H3,(H,22,24). The number of aromatic nitrogens is 1. The zero-order valence-electron chi connectivity index (χ0n) is 16.9. The Balaban J connectivity index is 1.50. The normalized spacial score (nSPS) is 21.3. The number of hydrogen-bond donors (Lipinski definition) is 1. The van der Waals surface area contributed by atoms with E-state index in [9.17, 15) is 9.59 Å². The van der Waals surface area contributed by atoms with Crippen LogP contribution in [0.4, 0.5) is 10.5 Å². The molecule has 1 aliphatic carbocycles. The van der Waals surface area contributed by atoms with Crippen molar-refractivity contribution in [3.63, 3.8) is 0 Å². The second-order valence-electron chi connectivity index (χ2n) is 8.88. The first-order valence-electron chi connectivity index (χ1n) is 9.52. The molecule has 3 rings (SSSR count). The summed E-state index contributed by atoms with van der Waals surface area (Å²) in [5.74, 6) is 0.109. The SMILES string of the molecule is CP(C)c1ccc(NC(=O)C2CC23CCN(C(=O)OC(C)(C)C)CC3)cn1. The van der Waals surface area contributed by atoms with E-state index in [0.29, 0.717) is 13.1 Å². The third-order valence-corrected chi connectivity index (χ3v) is 6.57. The maximum atomic E-state index is 12.6. The molecule has 2 amide bonds. The lowest BCUT2D eigenvalue weighted by atomic mass is 9.91. The largest absolute Gasteiger partial charge is 0.444 e. The van der Waals surface area contributed by atoms with E-state index in [-0.39, 0.29) is 31.3 Å². The minimum Gasteiger partial charge on any atom is -0.444 e. The maximum Gasteiger partial charge on any atom is 0.410 e. The second-order valence-corrected chi connectivity index (χ2v) is 11.1. The third kappa shape index (κ3) is 4.78. The van der Waals surface area contributed by atoms with Crippen LogP contribution in [0.15, 0.2) is 18.3 Å². The summed E-state index contributed by atoms with van der Waals surface area (Å²) in [7, 11) is -0.229. The third-order valence-electron chi connectivity index (χ3n) is 5.39. The molecule has 2 heterocycles. The first kappa shape index (κ1) is 20.1. The summed E-state index contributed by atoms with van der Waals surface area (Å²) in [6, 6.07) is 3.92. The summed E-state index contributed by atoms with van der Waals surface area (Å²) in [5.41, 5.74) is 1.42. The van der Waals surface area contributed by atoms with E-state index in [1.807, 2.05) is 32.9 Å². The molecule has 1 atom stereocenters. The second kappa shape index (κ2) is 7.38. The van der Waals surface area contributed by atoms with Gasteiger partial charge < -0.3 is 15.0 Å². The van der Waals surface area contributed by atoms with Gasteiger partial charge >= 0.3 is 6.09 Å². The van der Waals surface area contributed by atoms with Gasteiger partial charge in [-0.2, -0.15) is 0 Å². The lowest BCUT2D eigenvalue weighted by Crippen LogP contribution is -2.42. The fourth-order valence-corrected chi connectivity index (χ4v) is 4.35. The number of hydrogen-bond acceptors (Lipinski definition) is 4. The molecule has 1 saturated heterocycles. The lowest BCUT2D eigenvalue weighted by molar-refractivity contribution is -0.118. The summed E-state index contributed by atoms with van der Waals surface area (Å²) in [6.07, 6.45) is 4.11. The highest BCUT2D eigenvalue weighted by Crippen LogP contribution is 2.59. The van der Waals surface area contributed by atoms with Gasteiger partial charge in [0.25, 0.3) is 0 Å². The Morgan fingerprint density at radius 2 is 1.93 bits per heavy atom. The van der Waals surface area contributed by atoms with Gasteiger partial charge in [0, 0.05) is 19.0 Å². The molecule has 1 saturated carbocycles. The van der Waals surface area contributed by atoms with Crippen molar-refractivity contribution in [3.8, 4) is 0 Å². The molecule has 2 aliphatic rings. The number of ether oxygens (including phenoxy) is 1. The molecular formula is C20H30N3O3P. The van der Waals surface area contributed by atoms with Crippen LogP contribution in [0.2, 0.25) is 0 Å². The maximum absolute atomic E-state index is 12.6. The highest BCUT2D eigenvalue weighted by molar-refractivity contribution is 7.63. The summed E-state index contributed by atoms with van der Waals surface area (Å²) in [4.78, 5) is 31.0. The van der Waals surface area contributed by atoms with Gasteiger partial charge in [0.1, 0.15) is 5.60 Å². The van der Waals surface area contributed by atoms with Crippen LogP contribution in [0.25, 0.3) is 0 Å². The van der Waals surface area contributed by atoms with Crippen molar-refractivity contribution < 1.29 is 14.3 Å². The minimum absolute atomic E-state index is 0.0347. The van der Waals surface area contributed by atoms with Gasteiger partial charge in [-0.25, -0.2) is 4.79 Å². The average Bonchev–Trinajstić information content (AvgIpc) is 3.28. The first-order chi connectivity index (χ1) is 12.6. The molecule has 1 unspecified atom stereocenters. The molecule has 1 N–H and O–H groups in total. The van der Waals surface area contributed by atoms with Gasteiger partial charge in [0.05, 0.1) is 17.3 Å². The van der Waals surface area contributed by atoms with Crippen molar-refractivity contribution in [1.82, 2.24) is 9.88 Å². The van der Waals surface area contributed by atoms with Crippen molar-refractivity contribution in [1.29, 1.82) is 0 Å². The molecular weight excluding hydrogens is 361 g/mol. The fraction of sp³-hybridized carbons (Fsp3) is 0.650. The van der Waals surface area contributed by atoms with Gasteiger partial charge in [0.15, 0.2) is 0 Å². The highest BCUT2D eigenvalue weighted by Gasteiger charge is 2.58. The van der Waals surface area contributed by atoms with E-state index in [2.05, 4.69) is 23.6 Å². The number of rotatable bonds is 3. The Bertz CT molecular complexity index is 704. The van der Waals surface area contributed by atoms with Gasteiger partial charge in [-0.05, 0) is 70.9 Å². The number of nitrogens with one attached hydrogen (secondary N) is 1. The summed E-state index contributed by atoms with van der Waals surface area (Å²) < 4.78 is 5.45. The number of carbonyl (C=O) groups excluding carboxylic acids is 2. The smallest absolute Gasteiger partial charge is 0.410 e. The number of amides is 2. The molecule has 0 bridgehead atoms. The van der Waals surface area contributed by atoms with Crippen LogP contribution >= 0.6 is 7.92 Å². The van der Waals surface area contributed by atoms with Gasteiger partial charge in [-0.1, -0.05) is 7.92 Å². The molecule has 27 heavy (non-hydrogen) atoms. The molecule has 1 aliphatic heterocycles. The Kier molecular flexibility index (Phi) is 5.49. The number of piperidine rings is 1. The van der Waals surface area contributed by atoms with E-state index < -0.39 is 5.60 Å². The predicted molar refractivity (Wildman–Crippen MR) is 109 cm³/mol. The monoisotopic (exact) mass is 391 g/mol. The van der Waals surface area contributed by atoms with Crippen molar-refractivity contribution in [2.24, 2.45) is 11.3 Å². The Labute approximate surface area is 162 Å². The van der Waals surface area contributed by atoms with E-state index in [4.69, 9.17) is 4.74 Å². The van der Waals surface area contributed by atoms with Gasteiger partial charge in [0.2, 0.25) is 5.91 Å². The predicted octanol–water partition coefficient (Wildman–Crippen LogP) is 3.42. The fourth-order valence-electron chi connectivity index (χ4n) is 3.69. The van der Waals surface area contributed by atoms with Gasteiger partial charge in [-0.15, -0.1) is 0 Å². The number of pyridine rings is 1. The molecule has 6 nitrogen and oxygen atoms in total. The summed E-state index contributed by atoms with van der Waals surface area (Å²) in [5, 5.41) is 3.01. The number of nitrogens with zero attached hydrogens (tertiary/aromatic N) is 2. The van der Waals surface area contributed by atoms with Crippen molar-refractivity contribution in [3.05, 3.63) is 18.3 Å². The van der Waals surface area contributed by atoms with Crippen LogP contribution in [-0.4, -0.2) is 53.9 Å². The molecule has 1 aromatic rings. The topological polar surface area (TPSA) is 71.5 Å². The Morgan fingerprint density at radius 1 is 1.26 bits per heavy atom. The van der Waals surface area contributed by atoms with Crippen LogP contribution in [0, 0.1) is 11.3 Å². The van der Waals surface area contributed by atoms with E-state index in [1.165, 1.54) is 0 Å². The van der Waals surface area contributed by atoms with Crippen LogP contribution < -0.4 is 10.8 Å². The van der Waals surface area contributed by atoms with E-state index in [0.717, 1.165) is 30.4 Å². The van der Waals surface area contributed by atoms with Crippen LogP contribution in [-0.2, 0) is 9.53 Å². The molecule has 7 heteroatoms.